The van der Waals surface area contributed by atoms with Crippen molar-refractivity contribution in [3.63, 3.8) is 0 Å². The number of rotatable bonds is 5. The highest BCUT2D eigenvalue weighted by atomic mass is 35.5. The molecular formula is C24H26Cl2N4O2. The molecule has 1 aromatic carbocycles. The topological polar surface area (TPSA) is 78.2 Å². The van der Waals surface area contributed by atoms with E-state index in [0.717, 1.165) is 31.5 Å². The van der Waals surface area contributed by atoms with E-state index < -0.39 is 0 Å². The summed E-state index contributed by atoms with van der Waals surface area (Å²) in [5, 5.41) is 13.3. The van der Waals surface area contributed by atoms with Gasteiger partial charge in [-0.2, -0.15) is 5.26 Å². The molecule has 8 heteroatoms. The molecule has 2 aliphatic heterocycles. The molecule has 0 saturated carbocycles. The van der Waals surface area contributed by atoms with Crippen molar-refractivity contribution in [3.8, 4) is 11.9 Å². The molecule has 0 bridgehead atoms. The Labute approximate surface area is 198 Å². The van der Waals surface area contributed by atoms with Crippen molar-refractivity contribution in [2.24, 2.45) is 11.8 Å². The van der Waals surface area contributed by atoms with Crippen LogP contribution in [0, 0.1) is 23.2 Å². The lowest BCUT2D eigenvalue weighted by Crippen LogP contribution is -2.40. The number of amides is 1. The fraction of sp³-hybridized carbons (Fsp3) is 0.458. The highest BCUT2D eigenvalue weighted by Crippen LogP contribution is 2.39. The Kier molecular flexibility index (Phi) is 7.20. The van der Waals surface area contributed by atoms with Crippen LogP contribution in [-0.4, -0.2) is 48.1 Å². The molecule has 1 aromatic heterocycles. The number of hydrogen-bond donors (Lipinski definition) is 1. The standard InChI is InChI=1S/C24H26Cl2N4O2/c1-15(32-23-5-2-16(11-27)12-29-23)19-13-30(24(31)17-6-8-28-9-7-17)14-20(19)18-3-4-21(25)22(26)10-18/h2-5,10,12,15,17,19-20,28H,6-9,13-14H2,1H3/t15-,19+,20+/m0/s1. The Hall–Kier alpha value is -2.33. The number of piperidine rings is 1. The van der Waals surface area contributed by atoms with Gasteiger partial charge in [0.2, 0.25) is 11.8 Å². The Morgan fingerprint density at radius 1 is 1.22 bits per heavy atom. The fourth-order valence-electron chi connectivity index (χ4n) is 4.70. The van der Waals surface area contributed by atoms with Crippen molar-refractivity contribution >= 4 is 29.1 Å². The van der Waals surface area contributed by atoms with Gasteiger partial charge in [-0.15, -0.1) is 0 Å². The van der Waals surface area contributed by atoms with Crippen LogP contribution in [0.3, 0.4) is 0 Å². The Morgan fingerprint density at radius 2 is 2.00 bits per heavy atom. The number of aromatic nitrogens is 1. The molecule has 168 valence electrons. The van der Waals surface area contributed by atoms with Crippen molar-refractivity contribution in [3.05, 3.63) is 57.7 Å². The summed E-state index contributed by atoms with van der Waals surface area (Å²) in [5.41, 5.74) is 1.53. The maximum Gasteiger partial charge on any atom is 0.225 e. The summed E-state index contributed by atoms with van der Waals surface area (Å²) in [5.74, 6) is 0.898. The number of pyridine rings is 1. The second kappa shape index (κ2) is 10.1. The minimum absolute atomic E-state index is 0.0651. The van der Waals surface area contributed by atoms with E-state index in [1.807, 2.05) is 24.0 Å². The number of ether oxygens (including phenoxy) is 1. The summed E-state index contributed by atoms with van der Waals surface area (Å²) >= 11 is 12.5. The van der Waals surface area contributed by atoms with E-state index in [0.29, 0.717) is 34.6 Å². The van der Waals surface area contributed by atoms with E-state index in [1.54, 1.807) is 18.2 Å². The van der Waals surface area contributed by atoms with Gasteiger partial charge in [-0.25, -0.2) is 4.98 Å². The fourth-order valence-corrected chi connectivity index (χ4v) is 5.01. The van der Waals surface area contributed by atoms with Crippen molar-refractivity contribution in [2.75, 3.05) is 26.2 Å². The van der Waals surface area contributed by atoms with Gasteiger partial charge < -0.3 is 15.0 Å². The van der Waals surface area contributed by atoms with Crippen molar-refractivity contribution in [2.45, 2.75) is 31.8 Å². The summed E-state index contributed by atoms with van der Waals surface area (Å²) in [6.07, 6.45) is 3.05. The molecule has 3 heterocycles. The van der Waals surface area contributed by atoms with Crippen molar-refractivity contribution in [1.82, 2.24) is 15.2 Å². The molecule has 2 aliphatic rings. The summed E-state index contributed by atoms with van der Waals surface area (Å²) < 4.78 is 6.15. The van der Waals surface area contributed by atoms with Gasteiger partial charge in [0.05, 0.1) is 15.6 Å². The molecule has 2 aromatic rings. The van der Waals surface area contributed by atoms with Gasteiger partial charge in [-0.05, 0) is 56.6 Å². The number of nitriles is 1. The van der Waals surface area contributed by atoms with Crippen LogP contribution in [0.4, 0.5) is 0 Å². The van der Waals surface area contributed by atoms with Crippen LogP contribution in [0.25, 0.3) is 0 Å². The quantitative estimate of drug-likeness (QED) is 0.702. The zero-order chi connectivity index (χ0) is 22.7. The number of hydrogen-bond acceptors (Lipinski definition) is 5. The molecule has 0 radical (unpaired) electrons. The van der Waals surface area contributed by atoms with Gasteiger partial charge in [0.15, 0.2) is 0 Å². The molecular weight excluding hydrogens is 447 g/mol. The van der Waals surface area contributed by atoms with Crippen LogP contribution in [-0.2, 0) is 4.79 Å². The van der Waals surface area contributed by atoms with E-state index in [1.165, 1.54) is 6.20 Å². The summed E-state index contributed by atoms with van der Waals surface area (Å²) in [6.45, 7) is 5.01. The number of benzene rings is 1. The first-order chi connectivity index (χ1) is 15.5. The minimum Gasteiger partial charge on any atom is -0.474 e. The van der Waals surface area contributed by atoms with Crippen LogP contribution >= 0.6 is 23.2 Å². The second-order valence-corrected chi connectivity index (χ2v) is 9.35. The highest BCUT2D eigenvalue weighted by Gasteiger charge is 2.41. The van der Waals surface area contributed by atoms with Crippen LogP contribution in [0.5, 0.6) is 5.88 Å². The van der Waals surface area contributed by atoms with Gasteiger partial charge in [0.1, 0.15) is 12.2 Å². The molecule has 0 aliphatic carbocycles. The average Bonchev–Trinajstić information content (AvgIpc) is 3.27. The summed E-state index contributed by atoms with van der Waals surface area (Å²) in [6, 6.07) is 11.1. The molecule has 6 nitrogen and oxygen atoms in total. The third-order valence-electron chi connectivity index (χ3n) is 6.51. The number of nitrogens with one attached hydrogen (secondary N) is 1. The number of likely N-dealkylation sites (tertiary alicyclic amines) is 1. The zero-order valence-corrected chi connectivity index (χ0v) is 19.4. The Morgan fingerprint density at radius 3 is 2.66 bits per heavy atom. The predicted octanol–water partition coefficient (Wildman–Crippen LogP) is 4.27. The van der Waals surface area contributed by atoms with Gasteiger partial charge in [0.25, 0.3) is 0 Å². The third kappa shape index (κ3) is 5.01. The number of nitrogens with zero attached hydrogens (tertiary/aromatic N) is 3. The van der Waals surface area contributed by atoms with E-state index in [2.05, 4.69) is 16.4 Å². The van der Waals surface area contributed by atoms with Crippen LogP contribution in [0.15, 0.2) is 36.5 Å². The average molecular weight is 473 g/mol. The SMILES string of the molecule is C[C@H](Oc1ccc(C#N)cn1)[C@H]1CN(C(=O)C2CCNCC2)C[C@@H]1c1ccc(Cl)c(Cl)c1. The first-order valence-corrected chi connectivity index (χ1v) is 11.7. The Balaban J connectivity index is 1.56. The molecule has 0 spiro atoms. The first kappa shape index (κ1) is 22.8. The van der Waals surface area contributed by atoms with Crippen LogP contribution in [0.2, 0.25) is 10.0 Å². The lowest BCUT2D eigenvalue weighted by Gasteiger charge is -2.27. The van der Waals surface area contributed by atoms with E-state index in [4.69, 9.17) is 33.2 Å². The second-order valence-electron chi connectivity index (χ2n) is 8.53. The predicted molar refractivity (Wildman–Crippen MR) is 124 cm³/mol. The van der Waals surface area contributed by atoms with E-state index in [9.17, 15) is 4.79 Å². The van der Waals surface area contributed by atoms with E-state index >= 15 is 0 Å². The molecule has 1 amide bonds. The summed E-state index contributed by atoms with van der Waals surface area (Å²) in [7, 11) is 0. The third-order valence-corrected chi connectivity index (χ3v) is 7.25. The monoisotopic (exact) mass is 472 g/mol. The molecule has 2 fully saturated rings. The van der Waals surface area contributed by atoms with E-state index in [-0.39, 0.29) is 29.8 Å². The first-order valence-electron chi connectivity index (χ1n) is 10.9. The maximum atomic E-state index is 13.3. The van der Waals surface area contributed by atoms with Gasteiger partial charge in [-0.1, -0.05) is 29.3 Å². The maximum absolute atomic E-state index is 13.3. The molecule has 4 rings (SSSR count). The highest BCUT2D eigenvalue weighted by molar-refractivity contribution is 6.42. The lowest BCUT2D eigenvalue weighted by atomic mass is 9.86. The molecule has 1 N–H and O–H groups in total. The smallest absolute Gasteiger partial charge is 0.225 e. The van der Waals surface area contributed by atoms with Gasteiger partial charge >= 0.3 is 0 Å². The normalized spacial score (nSPS) is 22.4. The number of halogens is 2. The van der Waals surface area contributed by atoms with Crippen LogP contribution in [0.1, 0.15) is 36.8 Å². The Bertz CT molecular complexity index is 1000. The molecule has 0 unspecified atom stereocenters. The molecule has 32 heavy (non-hydrogen) atoms. The van der Waals surface area contributed by atoms with Gasteiger partial charge in [0, 0.05) is 43.1 Å². The minimum atomic E-state index is -0.194. The van der Waals surface area contributed by atoms with Gasteiger partial charge in [-0.3, -0.25) is 4.79 Å². The molecule has 2 saturated heterocycles. The molecule has 3 atom stereocenters. The number of carbonyl (C=O) groups is 1. The zero-order valence-electron chi connectivity index (χ0n) is 17.9. The van der Waals surface area contributed by atoms with Crippen molar-refractivity contribution in [1.29, 1.82) is 5.26 Å². The van der Waals surface area contributed by atoms with Crippen molar-refractivity contribution < 1.29 is 9.53 Å². The lowest BCUT2D eigenvalue weighted by molar-refractivity contribution is -0.135. The largest absolute Gasteiger partial charge is 0.474 e. The summed E-state index contributed by atoms with van der Waals surface area (Å²) in [4.78, 5) is 19.5. The number of carbonyl (C=O) groups excluding carboxylic acids is 1. The van der Waals surface area contributed by atoms with Crippen LogP contribution < -0.4 is 10.1 Å².